The van der Waals surface area contributed by atoms with Crippen molar-refractivity contribution < 1.29 is 25.1 Å². The highest BCUT2D eigenvalue weighted by Gasteiger charge is 2.35. The lowest BCUT2D eigenvalue weighted by atomic mass is 9.81. The Morgan fingerprint density at radius 1 is 1.33 bits per heavy atom. The normalized spacial score (nSPS) is 22.2. The number of hydrogen-bond donors (Lipinski definition) is 5. The van der Waals surface area contributed by atoms with Crippen LogP contribution in [0, 0.1) is 0 Å². The third kappa shape index (κ3) is 5.92. The van der Waals surface area contributed by atoms with Gasteiger partial charge in [-0.1, -0.05) is 12.8 Å². The zero-order valence-electron chi connectivity index (χ0n) is 12.4. The van der Waals surface area contributed by atoms with Gasteiger partial charge in [0.25, 0.3) is 0 Å². The molecule has 0 saturated carbocycles. The summed E-state index contributed by atoms with van der Waals surface area (Å²) in [6.45, 7) is 1.54. The number of aliphatic carboxylic acids is 1. The zero-order valence-corrected chi connectivity index (χ0v) is 12.4. The number of aliphatic hydroxyl groups is 1. The van der Waals surface area contributed by atoms with Crippen molar-refractivity contribution in [2.24, 2.45) is 5.73 Å². The first-order valence-corrected chi connectivity index (χ1v) is 7.62. The Kier molecular flexibility index (Phi) is 7.62. The lowest BCUT2D eigenvalue weighted by molar-refractivity contribution is -0.144. The maximum atomic E-state index is 11.4. The minimum absolute atomic E-state index is 0.0963. The molecule has 21 heavy (non-hydrogen) atoms. The van der Waals surface area contributed by atoms with Crippen LogP contribution in [0.1, 0.15) is 38.5 Å². The fourth-order valence-electron chi connectivity index (χ4n) is 2.85. The Hall–Kier alpha value is -0.665. The van der Waals surface area contributed by atoms with Crippen LogP contribution in [0.2, 0.25) is 6.32 Å². The summed E-state index contributed by atoms with van der Waals surface area (Å²) in [6.07, 6.45) is 3.91. The Labute approximate surface area is 125 Å². The molecule has 0 amide bonds. The monoisotopic (exact) mass is 302 g/mol. The molecule has 1 rings (SSSR count). The van der Waals surface area contributed by atoms with E-state index in [1.165, 1.54) is 0 Å². The van der Waals surface area contributed by atoms with E-state index in [2.05, 4.69) is 4.90 Å². The molecular weight excluding hydrogens is 275 g/mol. The fraction of sp³-hybridized carbons (Fsp3) is 0.923. The SMILES string of the molecule is NC(CCCCB(O)O)(CCN1CCCC1CO)C(=O)O. The van der Waals surface area contributed by atoms with E-state index in [-0.39, 0.29) is 19.0 Å². The minimum atomic E-state index is -1.35. The number of nitrogens with two attached hydrogens (primary N) is 1. The van der Waals surface area contributed by atoms with E-state index in [0.717, 1.165) is 19.4 Å². The third-order valence-corrected chi connectivity index (χ3v) is 4.32. The van der Waals surface area contributed by atoms with Crippen molar-refractivity contribution in [1.82, 2.24) is 4.90 Å². The summed E-state index contributed by atoms with van der Waals surface area (Å²) in [5.74, 6) is -1.02. The smallest absolute Gasteiger partial charge is 0.451 e. The van der Waals surface area contributed by atoms with Crippen molar-refractivity contribution >= 4 is 13.1 Å². The molecule has 0 aromatic rings. The van der Waals surface area contributed by atoms with Crippen molar-refractivity contribution in [2.45, 2.75) is 56.4 Å². The van der Waals surface area contributed by atoms with Gasteiger partial charge in [0.2, 0.25) is 0 Å². The summed E-state index contributed by atoms with van der Waals surface area (Å²) in [4.78, 5) is 13.5. The molecule has 0 radical (unpaired) electrons. The number of likely N-dealkylation sites (tertiary alicyclic amines) is 1. The molecule has 6 N–H and O–H groups in total. The van der Waals surface area contributed by atoms with E-state index >= 15 is 0 Å². The summed E-state index contributed by atoms with van der Waals surface area (Å²) in [7, 11) is -1.35. The molecule has 2 unspecified atom stereocenters. The highest BCUT2D eigenvalue weighted by Crippen LogP contribution is 2.22. The van der Waals surface area contributed by atoms with E-state index in [1.54, 1.807) is 0 Å². The highest BCUT2D eigenvalue weighted by molar-refractivity contribution is 6.40. The Bertz CT molecular complexity index is 332. The molecule has 0 aromatic carbocycles. The van der Waals surface area contributed by atoms with Crippen LogP contribution in [0.3, 0.4) is 0 Å². The molecule has 7 nitrogen and oxygen atoms in total. The Morgan fingerprint density at radius 3 is 2.62 bits per heavy atom. The average molecular weight is 302 g/mol. The molecule has 1 fully saturated rings. The van der Waals surface area contributed by atoms with Crippen LogP contribution in [0.4, 0.5) is 0 Å². The van der Waals surface area contributed by atoms with Gasteiger partial charge in [0.15, 0.2) is 0 Å². The number of rotatable bonds is 10. The van der Waals surface area contributed by atoms with Crippen LogP contribution in [0.25, 0.3) is 0 Å². The molecule has 122 valence electrons. The molecule has 2 atom stereocenters. The van der Waals surface area contributed by atoms with Crippen molar-refractivity contribution in [1.29, 1.82) is 0 Å². The molecular formula is C13H27BN2O5. The standard InChI is InChI=1S/C13H27BN2O5/c15-13(12(18)19,5-1-2-7-14(20)21)6-9-16-8-3-4-11(16)10-17/h11,17,20-21H,1-10,15H2,(H,18,19). The molecule has 0 aromatic heterocycles. The van der Waals surface area contributed by atoms with E-state index in [0.29, 0.717) is 32.2 Å². The number of unbranched alkanes of at least 4 members (excludes halogenated alkanes) is 1. The first-order chi connectivity index (χ1) is 9.89. The number of carbonyl (C=O) groups is 1. The topological polar surface area (TPSA) is 127 Å². The second kappa shape index (κ2) is 8.70. The largest absolute Gasteiger partial charge is 0.480 e. The zero-order chi connectivity index (χ0) is 15.9. The van der Waals surface area contributed by atoms with E-state index < -0.39 is 18.6 Å². The molecule has 0 aliphatic carbocycles. The van der Waals surface area contributed by atoms with Gasteiger partial charge in [0, 0.05) is 12.6 Å². The van der Waals surface area contributed by atoms with Crippen LogP contribution >= 0.6 is 0 Å². The predicted octanol–water partition coefficient (Wildman–Crippen LogP) is -0.742. The van der Waals surface area contributed by atoms with Gasteiger partial charge >= 0.3 is 13.1 Å². The van der Waals surface area contributed by atoms with Crippen molar-refractivity contribution in [3.8, 4) is 0 Å². The van der Waals surface area contributed by atoms with E-state index in [9.17, 15) is 15.0 Å². The number of nitrogens with zero attached hydrogens (tertiary/aromatic N) is 1. The lowest BCUT2D eigenvalue weighted by Gasteiger charge is -2.29. The average Bonchev–Trinajstić information content (AvgIpc) is 2.88. The van der Waals surface area contributed by atoms with Crippen LogP contribution < -0.4 is 5.73 Å². The van der Waals surface area contributed by atoms with Crippen molar-refractivity contribution in [2.75, 3.05) is 19.7 Å². The summed E-state index contributed by atoms with van der Waals surface area (Å²) < 4.78 is 0. The van der Waals surface area contributed by atoms with Gasteiger partial charge in [-0.3, -0.25) is 9.69 Å². The summed E-state index contributed by atoms with van der Waals surface area (Å²) >= 11 is 0. The second-order valence-electron chi connectivity index (χ2n) is 5.95. The number of carboxylic acid groups (broad SMARTS) is 1. The Balaban J connectivity index is 2.42. The van der Waals surface area contributed by atoms with E-state index in [1.807, 2.05) is 0 Å². The first kappa shape index (κ1) is 18.4. The molecule has 0 spiro atoms. The fourth-order valence-corrected chi connectivity index (χ4v) is 2.85. The molecule has 8 heteroatoms. The van der Waals surface area contributed by atoms with Gasteiger partial charge in [0.1, 0.15) is 5.54 Å². The second-order valence-corrected chi connectivity index (χ2v) is 5.95. The van der Waals surface area contributed by atoms with Crippen LogP contribution in [-0.4, -0.2) is 69.5 Å². The van der Waals surface area contributed by atoms with Gasteiger partial charge in [-0.25, -0.2) is 0 Å². The molecule has 1 saturated heterocycles. The Morgan fingerprint density at radius 2 is 2.05 bits per heavy atom. The lowest BCUT2D eigenvalue weighted by Crippen LogP contribution is -2.50. The number of aliphatic hydroxyl groups excluding tert-OH is 1. The highest BCUT2D eigenvalue weighted by atomic mass is 16.4. The predicted molar refractivity (Wildman–Crippen MR) is 79.7 cm³/mol. The molecule has 0 bridgehead atoms. The third-order valence-electron chi connectivity index (χ3n) is 4.32. The minimum Gasteiger partial charge on any atom is -0.480 e. The van der Waals surface area contributed by atoms with Crippen LogP contribution in [-0.2, 0) is 4.79 Å². The summed E-state index contributed by atoms with van der Waals surface area (Å²) in [6, 6.07) is 0.118. The quantitative estimate of drug-likeness (QED) is 0.265. The number of hydrogen-bond acceptors (Lipinski definition) is 6. The van der Waals surface area contributed by atoms with Gasteiger partial charge in [-0.05, 0) is 38.5 Å². The maximum Gasteiger partial charge on any atom is 0.451 e. The molecule has 1 aliphatic rings. The number of carboxylic acids is 1. The molecule has 1 heterocycles. The molecule has 1 aliphatic heterocycles. The van der Waals surface area contributed by atoms with Gasteiger partial charge < -0.3 is 26.0 Å². The summed E-state index contributed by atoms with van der Waals surface area (Å²) in [5.41, 5.74) is 4.72. The van der Waals surface area contributed by atoms with Gasteiger partial charge in [0.05, 0.1) is 6.61 Å². The van der Waals surface area contributed by atoms with Gasteiger partial charge in [-0.15, -0.1) is 0 Å². The van der Waals surface area contributed by atoms with Crippen LogP contribution in [0.15, 0.2) is 0 Å². The first-order valence-electron chi connectivity index (χ1n) is 7.62. The summed E-state index contributed by atoms with van der Waals surface area (Å²) in [5, 5.41) is 36.2. The van der Waals surface area contributed by atoms with Crippen molar-refractivity contribution in [3.05, 3.63) is 0 Å². The van der Waals surface area contributed by atoms with Crippen LogP contribution in [0.5, 0.6) is 0 Å². The van der Waals surface area contributed by atoms with E-state index in [4.69, 9.17) is 15.8 Å². The van der Waals surface area contributed by atoms with Gasteiger partial charge in [-0.2, -0.15) is 0 Å². The van der Waals surface area contributed by atoms with Crippen molar-refractivity contribution in [3.63, 3.8) is 0 Å². The maximum absolute atomic E-state index is 11.4.